The molecule has 1 aromatic heterocycles. The van der Waals surface area contributed by atoms with Gasteiger partial charge in [0.2, 0.25) is 5.88 Å². The normalized spacial score (nSPS) is 12.5. The van der Waals surface area contributed by atoms with Gasteiger partial charge in [-0.15, -0.1) is 0 Å². The summed E-state index contributed by atoms with van der Waals surface area (Å²) in [6.07, 6.45) is 0.825. The molecule has 0 bridgehead atoms. The Labute approximate surface area is 92.1 Å². The summed E-state index contributed by atoms with van der Waals surface area (Å²) < 4.78 is 1.71. The van der Waals surface area contributed by atoms with Crippen LogP contribution in [0.3, 0.4) is 0 Å². The molecule has 0 saturated heterocycles. The summed E-state index contributed by atoms with van der Waals surface area (Å²) in [4.78, 5) is 0. The first kappa shape index (κ1) is 12.1. The van der Waals surface area contributed by atoms with Gasteiger partial charge in [-0.1, -0.05) is 27.7 Å². The Balaban J connectivity index is 3.35. The summed E-state index contributed by atoms with van der Waals surface area (Å²) in [5.41, 5.74) is 1.98. The van der Waals surface area contributed by atoms with E-state index in [4.69, 9.17) is 0 Å². The number of aromatic nitrogens is 2. The first-order chi connectivity index (χ1) is 6.79. The fraction of sp³-hybridized carbons (Fsp3) is 0.750. The molecule has 1 N–H and O–H groups in total. The van der Waals surface area contributed by atoms with Crippen molar-refractivity contribution < 1.29 is 5.11 Å². The van der Waals surface area contributed by atoms with Gasteiger partial charge < -0.3 is 5.11 Å². The molecule has 1 aromatic rings. The predicted octanol–water partition coefficient (Wildman–Crippen LogP) is 3.03. The van der Waals surface area contributed by atoms with Crippen molar-refractivity contribution in [3.63, 3.8) is 0 Å². The highest BCUT2D eigenvalue weighted by Crippen LogP contribution is 2.32. The van der Waals surface area contributed by atoms with E-state index >= 15 is 0 Å². The van der Waals surface area contributed by atoms with E-state index in [2.05, 4.69) is 32.8 Å². The second-order valence-electron chi connectivity index (χ2n) is 5.29. The third kappa shape index (κ3) is 2.16. The molecular formula is C12H22N2O. The van der Waals surface area contributed by atoms with Crippen LogP contribution in [0.25, 0.3) is 0 Å². The largest absolute Gasteiger partial charge is 0.493 e. The van der Waals surface area contributed by atoms with Crippen molar-refractivity contribution >= 4 is 0 Å². The minimum atomic E-state index is -0.0109. The van der Waals surface area contributed by atoms with Crippen LogP contribution in [0.15, 0.2) is 0 Å². The molecule has 0 saturated carbocycles. The lowest BCUT2D eigenvalue weighted by Crippen LogP contribution is -2.15. The van der Waals surface area contributed by atoms with Crippen LogP contribution < -0.4 is 0 Å². The summed E-state index contributed by atoms with van der Waals surface area (Å²) in [5.74, 6) is 0.331. The Hall–Kier alpha value is -0.990. The molecule has 0 aliphatic rings. The summed E-state index contributed by atoms with van der Waals surface area (Å²) in [5, 5.41) is 14.6. The average Bonchev–Trinajstić information content (AvgIpc) is 2.41. The zero-order chi connectivity index (χ0) is 11.8. The molecule has 0 amide bonds. The van der Waals surface area contributed by atoms with Gasteiger partial charge in [-0.05, 0) is 20.3 Å². The number of hydrogen-bond donors (Lipinski definition) is 1. The molecule has 86 valence electrons. The van der Waals surface area contributed by atoms with Crippen LogP contribution in [0, 0.1) is 0 Å². The zero-order valence-corrected chi connectivity index (χ0v) is 10.6. The Bertz CT molecular complexity index is 345. The second-order valence-corrected chi connectivity index (χ2v) is 5.29. The molecule has 1 rings (SSSR count). The Morgan fingerprint density at radius 3 is 2.13 bits per heavy atom. The maximum Gasteiger partial charge on any atom is 0.213 e. The van der Waals surface area contributed by atoms with Crippen LogP contribution in [0.5, 0.6) is 5.88 Å². The van der Waals surface area contributed by atoms with Crippen molar-refractivity contribution in [3.8, 4) is 5.88 Å². The lowest BCUT2D eigenvalue weighted by molar-refractivity contribution is 0.372. The molecule has 0 aliphatic carbocycles. The predicted molar refractivity (Wildman–Crippen MR) is 62.4 cm³/mol. The summed E-state index contributed by atoms with van der Waals surface area (Å²) in [7, 11) is 0. The Kier molecular flexibility index (Phi) is 3.12. The number of rotatable bonds is 2. The van der Waals surface area contributed by atoms with E-state index in [0.29, 0.717) is 5.88 Å². The molecule has 1 heterocycles. The lowest BCUT2D eigenvalue weighted by Gasteiger charge is -2.16. The van der Waals surface area contributed by atoms with E-state index in [1.54, 1.807) is 4.68 Å². The number of nitrogens with zero attached hydrogens (tertiary/aromatic N) is 2. The molecule has 0 atom stereocenters. The standard InChI is InChI=1S/C12H22N2O/c1-7-9-10(12(4,5)6)13-14(8(2)3)11(9)15/h8,15H,7H2,1-6H3. The second kappa shape index (κ2) is 3.87. The van der Waals surface area contributed by atoms with Gasteiger partial charge in [0.25, 0.3) is 0 Å². The summed E-state index contributed by atoms with van der Waals surface area (Å²) in [6, 6.07) is 0.200. The molecule has 0 aromatic carbocycles. The molecule has 0 spiro atoms. The van der Waals surface area contributed by atoms with Gasteiger partial charge in [0.15, 0.2) is 0 Å². The highest BCUT2D eigenvalue weighted by Gasteiger charge is 2.26. The zero-order valence-electron chi connectivity index (χ0n) is 10.6. The van der Waals surface area contributed by atoms with Crippen LogP contribution in [-0.4, -0.2) is 14.9 Å². The quantitative estimate of drug-likeness (QED) is 0.814. The molecule has 3 nitrogen and oxygen atoms in total. The number of aromatic hydroxyl groups is 1. The van der Waals surface area contributed by atoms with E-state index < -0.39 is 0 Å². The van der Waals surface area contributed by atoms with Crippen molar-refractivity contribution in [1.82, 2.24) is 9.78 Å². The topological polar surface area (TPSA) is 38.0 Å². The minimum absolute atomic E-state index is 0.0109. The van der Waals surface area contributed by atoms with E-state index in [-0.39, 0.29) is 11.5 Å². The van der Waals surface area contributed by atoms with Crippen LogP contribution in [-0.2, 0) is 11.8 Å². The van der Waals surface area contributed by atoms with E-state index in [1.165, 1.54) is 0 Å². The van der Waals surface area contributed by atoms with E-state index in [9.17, 15) is 5.11 Å². The minimum Gasteiger partial charge on any atom is -0.493 e. The maximum atomic E-state index is 10.0. The smallest absolute Gasteiger partial charge is 0.213 e. The summed E-state index contributed by atoms with van der Waals surface area (Å²) >= 11 is 0. The van der Waals surface area contributed by atoms with Crippen LogP contribution in [0.1, 0.15) is 58.8 Å². The highest BCUT2D eigenvalue weighted by atomic mass is 16.3. The third-order valence-corrected chi connectivity index (χ3v) is 2.53. The van der Waals surface area contributed by atoms with Crippen molar-refractivity contribution in [2.75, 3.05) is 0 Å². The molecular weight excluding hydrogens is 188 g/mol. The average molecular weight is 210 g/mol. The van der Waals surface area contributed by atoms with Gasteiger partial charge in [0.1, 0.15) is 0 Å². The van der Waals surface area contributed by atoms with E-state index in [0.717, 1.165) is 17.7 Å². The third-order valence-electron chi connectivity index (χ3n) is 2.53. The van der Waals surface area contributed by atoms with Crippen LogP contribution >= 0.6 is 0 Å². The van der Waals surface area contributed by atoms with Crippen LogP contribution in [0.4, 0.5) is 0 Å². The van der Waals surface area contributed by atoms with Gasteiger partial charge in [0, 0.05) is 11.0 Å². The van der Waals surface area contributed by atoms with Gasteiger partial charge in [-0.25, -0.2) is 4.68 Å². The maximum absolute atomic E-state index is 10.0. The van der Waals surface area contributed by atoms with Gasteiger partial charge in [-0.3, -0.25) is 0 Å². The van der Waals surface area contributed by atoms with Crippen LogP contribution in [0.2, 0.25) is 0 Å². The molecule has 15 heavy (non-hydrogen) atoms. The lowest BCUT2D eigenvalue weighted by atomic mass is 9.89. The Morgan fingerprint density at radius 1 is 1.33 bits per heavy atom. The molecule has 0 fully saturated rings. The monoisotopic (exact) mass is 210 g/mol. The fourth-order valence-electron chi connectivity index (χ4n) is 1.75. The van der Waals surface area contributed by atoms with Crippen molar-refractivity contribution in [1.29, 1.82) is 0 Å². The van der Waals surface area contributed by atoms with Gasteiger partial charge >= 0.3 is 0 Å². The van der Waals surface area contributed by atoms with Crippen molar-refractivity contribution in [2.24, 2.45) is 0 Å². The number of hydrogen-bond acceptors (Lipinski definition) is 2. The first-order valence-corrected chi connectivity index (χ1v) is 5.59. The molecule has 0 unspecified atom stereocenters. The SMILES string of the molecule is CCc1c(C(C)(C)C)nn(C(C)C)c1O. The van der Waals surface area contributed by atoms with Gasteiger partial charge in [-0.2, -0.15) is 5.10 Å². The van der Waals surface area contributed by atoms with E-state index in [1.807, 2.05) is 13.8 Å². The molecule has 0 aliphatic heterocycles. The fourth-order valence-corrected chi connectivity index (χ4v) is 1.75. The summed E-state index contributed by atoms with van der Waals surface area (Å²) in [6.45, 7) is 12.5. The molecule has 0 radical (unpaired) electrons. The highest BCUT2D eigenvalue weighted by molar-refractivity contribution is 5.35. The first-order valence-electron chi connectivity index (χ1n) is 5.59. The van der Waals surface area contributed by atoms with Crippen molar-refractivity contribution in [3.05, 3.63) is 11.3 Å². The Morgan fingerprint density at radius 2 is 1.87 bits per heavy atom. The van der Waals surface area contributed by atoms with Gasteiger partial charge in [0.05, 0.1) is 11.7 Å². The molecule has 3 heteroatoms. The van der Waals surface area contributed by atoms with Crippen molar-refractivity contribution in [2.45, 2.75) is 59.4 Å².